The lowest BCUT2D eigenvalue weighted by Crippen LogP contribution is -2.24. The van der Waals surface area contributed by atoms with Crippen LogP contribution in [-0.4, -0.2) is 18.0 Å². The van der Waals surface area contributed by atoms with E-state index in [1.54, 1.807) is 0 Å². The fraction of sp³-hybridized carbons (Fsp3) is 1.00. The zero-order chi connectivity index (χ0) is 5.91. The van der Waals surface area contributed by atoms with Gasteiger partial charge in [-0.25, -0.2) is 0 Å². The third-order valence-electron chi connectivity index (χ3n) is 0.402. The van der Waals surface area contributed by atoms with Crippen molar-refractivity contribution in [2.24, 2.45) is 0 Å². The monoisotopic (exact) mass is 134 g/mol. The van der Waals surface area contributed by atoms with Crippen LogP contribution in [-0.2, 0) is 8.58 Å². The largest absolute Gasteiger partial charge is 0.581 e. The minimum absolute atomic E-state index is 0.979. The summed E-state index contributed by atoms with van der Waals surface area (Å²) in [5, 5.41) is 0. The summed E-state index contributed by atoms with van der Waals surface area (Å²) in [4.78, 5) is 0. The molecule has 0 aliphatic heterocycles. The maximum absolute atomic E-state index is 9.84. The summed E-state index contributed by atoms with van der Waals surface area (Å²) in [5.41, 5.74) is 0. The van der Waals surface area contributed by atoms with Crippen LogP contribution in [0.3, 0.4) is 0 Å². The average molecular weight is 134 g/mol. The SMILES string of the molecule is C[Si](C)(C)O[SiH]=O. The van der Waals surface area contributed by atoms with Gasteiger partial charge in [-0.15, -0.1) is 0 Å². The zero-order valence-electron chi connectivity index (χ0n) is 4.89. The van der Waals surface area contributed by atoms with Crippen LogP contribution in [0.25, 0.3) is 0 Å². The molecule has 0 saturated carbocycles. The second-order valence-electron chi connectivity index (χ2n) is 2.33. The summed E-state index contributed by atoms with van der Waals surface area (Å²) in [6, 6.07) is 0. The first-order valence-corrected chi connectivity index (χ1v) is 6.53. The summed E-state index contributed by atoms with van der Waals surface area (Å²) in [7, 11) is -2.41. The first kappa shape index (κ1) is 7.03. The van der Waals surface area contributed by atoms with E-state index >= 15 is 0 Å². The van der Waals surface area contributed by atoms with Crippen LogP contribution in [0, 0.1) is 0 Å². The molecule has 0 aliphatic rings. The Bertz CT molecular complexity index is 65.8. The average Bonchev–Trinajstić information content (AvgIpc) is 1.30. The van der Waals surface area contributed by atoms with Gasteiger partial charge in [0.05, 0.1) is 0 Å². The van der Waals surface area contributed by atoms with E-state index in [1.807, 2.05) is 19.6 Å². The molecule has 42 valence electrons. The fourth-order valence-corrected chi connectivity index (χ4v) is 1.30. The quantitative estimate of drug-likeness (QED) is 0.515. The summed E-state index contributed by atoms with van der Waals surface area (Å²) in [5.74, 6) is 0. The molecular weight excluding hydrogens is 124 g/mol. The van der Waals surface area contributed by atoms with Crippen molar-refractivity contribution in [2.45, 2.75) is 19.6 Å². The Morgan fingerprint density at radius 2 is 1.86 bits per heavy atom. The van der Waals surface area contributed by atoms with Crippen LogP contribution in [0.2, 0.25) is 19.6 Å². The molecule has 0 rings (SSSR count). The van der Waals surface area contributed by atoms with E-state index < -0.39 is 18.0 Å². The normalized spacial score (nSPS) is 10.7. The second kappa shape index (κ2) is 2.37. The van der Waals surface area contributed by atoms with Crippen molar-refractivity contribution < 1.29 is 8.58 Å². The minimum Gasteiger partial charge on any atom is -0.581 e. The molecule has 0 bridgehead atoms. The molecule has 0 aromatic rings. The highest BCUT2D eigenvalue weighted by molar-refractivity contribution is 6.72. The summed E-state index contributed by atoms with van der Waals surface area (Å²) < 4.78 is 14.7. The highest BCUT2D eigenvalue weighted by Gasteiger charge is 2.12. The number of hydrogen-bond acceptors (Lipinski definition) is 2. The van der Waals surface area contributed by atoms with Crippen molar-refractivity contribution in [3.63, 3.8) is 0 Å². The molecule has 0 amide bonds. The van der Waals surface area contributed by atoms with Gasteiger partial charge in [0, 0.05) is 0 Å². The van der Waals surface area contributed by atoms with Crippen molar-refractivity contribution in [1.82, 2.24) is 0 Å². The van der Waals surface area contributed by atoms with Gasteiger partial charge in [0.1, 0.15) is 0 Å². The third kappa shape index (κ3) is 6.03. The Morgan fingerprint density at radius 1 is 1.43 bits per heavy atom. The molecule has 0 unspecified atom stereocenters. The van der Waals surface area contributed by atoms with Gasteiger partial charge in [0.15, 0.2) is 0 Å². The van der Waals surface area contributed by atoms with E-state index in [2.05, 4.69) is 0 Å². The van der Waals surface area contributed by atoms with Crippen LogP contribution >= 0.6 is 0 Å². The lowest BCUT2D eigenvalue weighted by atomic mass is 11.8. The van der Waals surface area contributed by atoms with E-state index in [4.69, 9.17) is 4.12 Å². The van der Waals surface area contributed by atoms with Gasteiger partial charge in [-0.2, -0.15) is 0 Å². The van der Waals surface area contributed by atoms with Gasteiger partial charge >= 0.3 is 9.65 Å². The highest BCUT2D eigenvalue weighted by Crippen LogP contribution is 1.97. The van der Waals surface area contributed by atoms with Crippen LogP contribution in [0.1, 0.15) is 0 Å². The van der Waals surface area contributed by atoms with E-state index in [0.717, 1.165) is 0 Å². The molecule has 0 aromatic carbocycles. The molecule has 0 heterocycles. The first-order chi connectivity index (χ1) is 3.06. The Labute approximate surface area is 47.0 Å². The molecule has 2 nitrogen and oxygen atoms in total. The van der Waals surface area contributed by atoms with Gasteiger partial charge in [-0.3, -0.25) is 0 Å². The maximum Gasteiger partial charge on any atom is 0.472 e. The molecule has 0 aromatic heterocycles. The lowest BCUT2D eigenvalue weighted by Gasteiger charge is -2.12. The fourth-order valence-electron chi connectivity index (χ4n) is 0.144. The Kier molecular flexibility index (Phi) is 2.38. The Balaban J connectivity index is 3.34. The smallest absolute Gasteiger partial charge is 0.472 e. The first-order valence-electron chi connectivity index (χ1n) is 2.18. The van der Waals surface area contributed by atoms with Gasteiger partial charge in [0.25, 0.3) is 0 Å². The molecular formula is C3H10O2Si2. The topological polar surface area (TPSA) is 26.3 Å². The predicted molar refractivity (Wildman–Crippen MR) is 32.3 cm³/mol. The van der Waals surface area contributed by atoms with Gasteiger partial charge < -0.3 is 8.58 Å². The van der Waals surface area contributed by atoms with Gasteiger partial charge in [0.2, 0.25) is 8.32 Å². The maximum atomic E-state index is 9.84. The van der Waals surface area contributed by atoms with E-state index in [9.17, 15) is 4.46 Å². The molecule has 0 fully saturated rings. The number of rotatable bonds is 2. The van der Waals surface area contributed by atoms with Crippen molar-refractivity contribution in [3.05, 3.63) is 0 Å². The van der Waals surface area contributed by atoms with Gasteiger partial charge in [-0.1, -0.05) is 0 Å². The predicted octanol–water partition coefficient (Wildman–Crippen LogP) is 0.535. The standard InChI is InChI=1S/C3H10O2Si2/c1-7(2,3)5-6-4/h6H,1-3H3. The van der Waals surface area contributed by atoms with Crippen molar-refractivity contribution in [3.8, 4) is 0 Å². The molecule has 7 heavy (non-hydrogen) atoms. The van der Waals surface area contributed by atoms with Crippen LogP contribution in [0.4, 0.5) is 0 Å². The third-order valence-corrected chi connectivity index (χ3v) is 3.61. The molecule has 0 atom stereocenters. The summed E-state index contributed by atoms with van der Waals surface area (Å²) >= 11 is 0. The van der Waals surface area contributed by atoms with Crippen LogP contribution in [0.5, 0.6) is 0 Å². The number of hydrogen-bond donors (Lipinski definition) is 0. The molecule has 0 aliphatic carbocycles. The summed E-state index contributed by atoms with van der Waals surface area (Å²) in [6.07, 6.45) is 0. The lowest BCUT2D eigenvalue weighted by molar-refractivity contribution is 0.481. The molecule has 4 heteroatoms. The van der Waals surface area contributed by atoms with Crippen molar-refractivity contribution >= 4 is 18.0 Å². The van der Waals surface area contributed by atoms with Crippen LogP contribution in [0.15, 0.2) is 0 Å². The Hall–Kier alpha value is 0.0338. The Morgan fingerprint density at radius 3 is 1.86 bits per heavy atom. The van der Waals surface area contributed by atoms with Crippen LogP contribution < -0.4 is 0 Å². The molecule has 0 N–H and O–H groups in total. The van der Waals surface area contributed by atoms with E-state index in [0.29, 0.717) is 0 Å². The highest BCUT2D eigenvalue weighted by atomic mass is 28.4. The minimum atomic E-state index is -1.43. The second-order valence-corrected chi connectivity index (χ2v) is 7.69. The van der Waals surface area contributed by atoms with Crippen molar-refractivity contribution in [1.29, 1.82) is 0 Å². The van der Waals surface area contributed by atoms with Crippen molar-refractivity contribution in [2.75, 3.05) is 0 Å². The van der Waals surface area contributed by atoms with E-state index in [-0.39, 0.29) is 0 Å². The van der Waals surface area contributed by atoms with E-state index in [1.165, 1.54) is 0 Å². The molecule has 0 spiro atoms. The zero-order valence-corrected chi connectivity index (χ0v) is 7.05. The molecule has 0 radical (unpaired) electrons. The summed E-state index contributed by atoms with van der Waals surface area (Å²) in [6.45, 7) is 6.04. The van der Waals surface area contributed by atoms with Gasteiger partial charge in [-0.05, 0) is 19.6 Å². The molecule has 0 saturated heterocycles.